The SMILES string of the molecule is COc1ccc(S(=O)(=O)Nc2ccc(Br)c(C(F)(F)F)c2)cc1NC(C)=O. The van der Waals surface area contributed by atoms with E-state index >= 15 is 0 Å². The third-order valence-electron chi connectivity index (χ3n) is 3.32. The third-order valence-corrected chi connectivity index (χ3v) is 5.39. The maximum absolute atomic E-state index is 13.0. The number of sulfonamides is 1. The Morgan fingerprint density at radius 3 is 2.37 bits per heavy atom. The van der Waals surface area contributed by atoms with Crippen LogP contribution in [0.3, 0.4) is 0 Å². The van der Waals surface area contributed by atoms with E-state index in [1.807, 2.05) is 0 Å². The number of nitrogens with one attached hydrogen (secondary N) is 2. The van der Waals surface area contributed by atoms with Crippen molar-refractivity contribution < 1.29 is 31.1 Å². The van der Waals surface area contributed by atoms with Gasteiger partial charge in [0.1, 0.15) is 5.75 Å². The third kappa shape index (κ3) is 5.13. The van der Waals surface area contributed by atoms with Crippen molar-refractivity contribution in [3.05, 3.63) is 46.4 Å². The Bertz CT molecular complexity index is 978. The van der Waals surface area contributed by atoms with Gasteiger partial charge in [-0.3, -0.25) is 9.52 Å². The Morgan fingerprint density at radius 2 is 1.81 bits per heavy atom. The zero-order valence-electron chi connectivity index (χ0n) is 14.0. The molecule has 0 aliphatic rings. The highest BCUT2D eigenvalue weighted by Crippen LogP contribution is 2.37. The van der Waals surface area contributed by atoms with Gasteiger partial charge >= 0.3 is 6.18 Å². The molecule has 0 heterocycles. The van der Waals surface area contributed by atoms with Crippen LogP contribution in [0.4, 0.5) is 24.5 Å². The van der Waals surface area contributed by atoms with Gasteiger partial charge in [-0.15, -0.1) is 0 Å². The molecule has 0 bridgehead atoms. The molecule has 0 atom stereocenters. The number of hydrogen-bond donors (Lipinski definition) is 2. The maximum atomic E-state index is 13.0. The van der Waals surface area contributed by atoms with E-state index in [-0.39, 0.29) is 26.5 Å². The van der Waals surface area contributed by atoms with Gasteiger partial charge in [0.2, 0.25) is 5.91 Å². The van der Waals surface area contributed by atoms with Gasteiger partial charge in [0.05, 0.1) is 23.3 Å². The van der Waals surface area contributed by atoms with Crippen LogP contribution in [0.15, 0.2) is 45.8 Å². The van der Waals surface area contributed by atoms with E-state index in [1.54, 1.807) is 0 Å². The highest BCUT2D eigenvalue weighted by molar-refractivity contribution is 9.10. The molecule has 0 aromatic heterocycles. The predicted octanol–water partition coefficient (Wildman–Crippen LogP) is 4.24. The Morgan fingerprint density at radius 1 is 1.15 bits per heavy atom. The van der Waals surface area contributed by atoms with Gasteiger partial charge in [-0.1, -0.05) is 15.9 Å². The Hall–Kier alpha value is -2.27. The Labute approximate surface area is 161 Å². The molecule has 0 fully saturated rings. The molecule has 0 saturated carbocycles. The normalized spacial score (nSPS) is 11.8. The van der Waals surface area contributed by atoms with Crippen molar-refractivity contribution in [2.45, 2.75) is 18.0 Å². The Balaban J connectivity index is 2.41. The fourth-order valence-electron chi connectivity index (χ4n) is 2.16. The van der Waals surface area contributed by atoms with Crippen molar-refractivity contribution in [3.8, 4) is 5.75 Å². The summed E-state index contributed by atoms with van der Waals surface area (Å²) in [7, 11) is -2.87. The van der Waals surface area contributed by atoms with E-state index in [0.29, 0.717) is 6.07 Å². The van der Waals surface area contributed by atoms with Crippen molar-refractivity contribution in [1.82, 2.24) is 0 Å². The summed E-state index contributed by atoms with van der Waals surface area (Å²) in [6.07, 6.45) is -4.65. The van der Waals surface area contributed by atoms with E-state index in [4.69, 9.17) is 4.74 Å². The van der Waals surface area contributed by atoms with Gasteiger partial charge in [0.25, 0.3) is 10.0 Å². The molecule has 0 unspecified atom stereocenters. The van der Waals surface area contributed by atoms with Crippen molar-refractivity contribution in [1.29, 1.82) is 0 Å². The van der Waals surface area contributed by atoms with Gasteiger partial charge in [-0.25, -0.2) is 8.42 Å². The molecule has 0 saturated heterocycles. The molecule has 2 N–H and O–H groups in total. The van der Waals surface area contributed by atoms with Crippen LogP contribution in [0.1, 0.15) is 12.5 Å². The molecule has 0 radical (unpaired) electrons. The summed E-state index contributed by atoms with van der Waals surface area (Å²) in [6.45, 7) is 1.24. The fourth-order valence-corrected chi connectivity index (χ4v) is 3.71. The first-order valence-electron chi connectivity index (χ1n) is 7.29. The van der Waals surface area contributed by atoms with Crippen LogP contribution < -0.4 is 14.8 Å². The molecule has 2 aromatic carbocycles. The minimum Gasteiger partial charge on any atom is -0.495 e. The summed E-state index contributed by atoms with van der Waals surface area (Å²) < 4.78 is 70.9. The smallest absolute Gasteiger partial charge is 0.417 e. The number of carbonyl (C=O) groups is 1. The molecule has 11 heteroatoms. The zero-order chi connectivity index (χ0) is 20.4. The molecule has 2 rings (SSSR count). The summed E-state index contributed by atoms with van der Waals surface area (Å²) in [4.78, 5) is 11.0. The van der Waals surface area contributed by atoms with E-state index < -0.39 is 27.7 Å². The van der Waals surface area contributed by atoms with Crippen LogP contribution in [0.25, 0.3) is 0 Å². The first-order chi connectivity index (χ1) is 12.4. The van der Waals surface area contributed by atoms with Crippen LogP contribution in [0.2, 0.25) is 0 Å². The van der Waals surface area contributed by atoms with Gasteiger partial charge in [-0.2, -0.15) is 13.2 Å². The second kappa shape index (κ2) is 7.77. The molecule has 27 heavy (non-hydrogen) atoms. The molecule has 6 nitrogen and oxygen atoms in total. The lowest BCUT2D eigenvalue weighted by Gasteiger charge is -2.14. The second-order valence-electron chi connectivity index (χ2n) is 5.34. The number of methoxy groups -OCH3 is 1. The highest BCUT2D eigenvalue weighted by atomic mass is 79.9. The lowest BCUT2D eigenvalue weighted by Crippen LogP contribution is -2.15. The maximum Gasteiger partial charge on any atom is 0.417 e. The summed E-state index contributed by atoms with van der Waals surface area (Å²) in [5.41, 5.74) is -1.17. The molecule has 0 aliphatic carbocycles. The number of benzene rings is 2. The number of rotatable bonds is 5. The number of halogens is 4. The van der Waals surface area contributed by atoms with Gasteiger partial charge in [0, 0.05) is 17.1 Å². The van der Waals surface area contributed by atoms with Crippen LogP contribution in [0, 0.1) is 0 Å². The number of alkyl halides is 3. The first-order valence-corrected chi connectivity index (χ1v) is 9.57. The van der Waals surface area contributed by atoms with Crippen LogP contribution >= 0.6 is 15.9 Å². The van der Waals surface area contributed by atoms with E-state index in [2.05, 4.69) is 26.0 Å². The van der Waals surface area contributed by atoms with Crippen LogP contribution in [-0.4, -0.2) is 21.4 Å². The summed E-state index contributed by atoms with van der Waals surface area (Å²) in [5.74, 6) is -0.217. The van der Waals surface area contributed by atoms with E-state index in [9.17, 15) is 26.4 Å². The molecule has 1 amide bonds. The van der Waals surface area contributed by atoms with Crippen LogP contribution in [0.5, 0.6) is 5.75 Å². The molecular weight excluding hydrogens is 453 g/mol. The average molecular weight is 467 g/mol. The van der Waals surface area contributed by atoms with Crippen molar-refractivity contribution in [2.75, 3.05) is 17.1 Å². The number of amides is 1. The average Bonchev–Trinajstić information content (AvgIpc) is 2.54. The number of anilines is 2. The van der Waals surface area contributed by atoms with Gasteiger partial charge < -0.3 is 10.1 Å². The fraction of sp³-hybridized carbons (Fsp3) is 0.188. The monoisotopic (exact) mass is 466 g/mol. The van der Waals surface area contributed by atoms with Gasteiger partial charge in [0.15, 0.2) is 0 Å². The van der Waals surface area contributed by atoms with Crippen molar-refractivity contribution in [3.63, 3.8) is 0 Å². The number of ether oxygens (including phenoxy) is 1. The second-order valence-corrected chi connectivity index (χ2v) is 7.88. The van der Waals surface area contributed by atoms with E-state index in [0.717, 1.165) is 12.1 Å². The lowest BCUT2D eigenvalue weighted by atomic mass is 10.2. The first kappa shape index (κ1) is 21.0. The lowest BCUT2D eigenvalue weighted by molar-refractivity contribution is -0.138. The summed E-state index contributed by atoms with van der Waals surface area (Å²) in [6, 6.07) is 6.64. The van der Waals surface area contributed by atoms with Gasteiger partial charge in [-0.05, 0) is 36.4 Å². The molecule has 2 aromatic rings. The van der Waals surface area contributed by atoms with E-state index in [1.165, 1.54) is 32.2 Å². The Kier molecular flexibility index (Phi) is 6.05. The number of hydrogen-bond acceptors (Lipinski definition) is 4. The summed E-state index contributed by atoms with van der Waals surface area (Å²) >= 11 is 2.79. The zero-order valence-corrected chi connectivity index (χ0v) is 16.4. The minimum absolute atomic E-state index is 0.111. The molecule has 146 valence electrons. The van der Waals surface area contributed by atoms with Crippen molar-refractivity contribution >= 4 is 43.2 Å². The largest absolute Gasteiger partial charge is 0.495 e. The molecular formula is C16H14BrF3N2O4S. The molecule has 0 aliphatic heterocycles. The predicted molar refractivity (Wildman–Crippen MR) is 97.3 cm³/mol. The quantitative estimate of drug-likeness (QED) is 0.690. The molecule has 0 spiro atoms. The topological polar surface area (TPSA) is 84.5 Å². The van der Waals surface area contributed by atoms with Crippen molar-refractivity contribution in [2.24, 2.45) is 0 Å². The summed E-state index contributed by atoms with van der Waals surface area (Å²) in [5, 5.41) is 2.43. The minimum atomic E-state index is -4.65. The standard InChI is InChI=1S/C16H14BrF3N2O4S/c1-9(23)21-14-8-11(4-6-15(14)26-2)27(24,25)22-10-3-5-13(17)12(7-10)16(18,19)20/h3-8,22H,1-2H3,(H,21,23). The highest BCUT2D eigenvalue weighted by Gasteiger charge is 2.33. The van der Waals surface area contributed by atoms with Crippen LogP contribution in [-0.2, 0) is 21.0 Å². The number of carbonyl (C=O) groups excluding carboxylic acids is 1.